The van der Waals surface area contributed by atoms with Gasteiger partial charge in [0, 0.05) is 10.5 Å². The lowest BCUT2D eigenvalue weighted by Gasteiger charge is -2.27. The van der Waals surface area contributed by atoms with Gasteiger partial charge in [-0.15, -0.1) is 0 Å². The van der Waals surface area contributed by atoms with Gasteiger partial charge in [0.05, 0.1) is 12.8 Å². The van der Waals surface area contributed by atoms with E-state index in [0.29, 0.717) is 5.69 Å². The Morgan fingerprint density at radius 2 is 2.05 bits per heavy atom. The van der Waals surface area contributed by atoms with Crippen molar-refractivity contribution in [2.45, 2.75) is 25.3 Å². The largest absolute Gasteiger partial charge is 0.497 e. The Balaban J connectivity index is 1.76. The normalized spacial score (nSPS) is 17.2. The van der Waals surface area contributed by atoms with Crippen LogP contribution in [0.1, 0.15) is 17.5 Å². The highest BCUT2D eigenvalue weighted by Gasteiger charge is 2.20. The summed E-state index contributed by atoms with van der Waals surface area (Å²) in [6.45, 7) is 0. The summed E-state index contributed by atoms with van der Waals surface area (Å²) in [6.07, 6.45) is 2.91. The van der Waals surface area contributed by atoms with Crippen LogP contribution < -0.4 is 10.1 Å². The van der Waals surface area contributed by atoms with Gasteiger partial charge in [-0.25, -0.2) is 4.39 Å². The predicted octanol–water partition coefficient (Wildman–Crippen LogP) is 4.57. The number of aryl methyl sites for hydroxylation is 1. The molecule has 21 heavy (non-hydrogen) atoms. The van der Waals surface area contributed by atoms with Crippen LogP contribution in [-0.2, 0) is 12.8 Å². The lowest BCUT2D eigenvalue weighted by molar-refractivity contribution is 0.413. The number of ether oxygens (including phenoxy) is 1. The molecule has 0 saturated carbocycles. The van der Waals surface area contributed by atoms with E-state index in [0.717, 1.165) is 29.5 Å². The van der Waals surface area contributed by atoms with Crippen molar-refractivity contribution in [3.8, 4) is 5.75 Å². The van der Waals surface area contributed by atoms with Crippen LogP contribution in [-0.4, -0.2) is 13.2 Å². The Labute approximate surface area is 132 Å². The summed E-state index contributed by atoms with van der Waals surface area (Å²) in [4.78, 5) is 0. The third-order valence-corrected chi connectivity index (χ3v) is 4.43. The Bertz CT molecular complexity index is 659. The number of fused-ring (bicyclic) bond motifs is 1. The summed E-state index contributed by atoms with van der Waals surface area (Å²) >= 11 is 3.28. The molecule has 0 bridgehead atoms. The van der Waals surface area contributed by atoms with Crippen molar-refractivity contribution in [3.05, 3.63) is 57.8 Å². The molecule has 1 aliphatic carbocycles. The average Bonchev–Trinajstić information content (AvgIpc) is 2.49. The maximum Gasteiger partial charge on any atom is 0.147 e. The van der Waals surface area contributed by atoms with Crippen LogP contribution in [0.4, 0.5) is 10.1 Å². The zero-order valence-corrected chi connectivity index (χ0v) is 13.4. The molecule has 1 unspecified atom stereocenters. The first-order chi connectivity index (χ1) is 10.2. The molecule has 0 heterocycles. The summed E-state index contributed by atoms with van der Waals surface area (Å²) in [5.74, 6) is 0.657. The third kappa shape index (κ3) is 3.21. The number of rotatable bonds is 3. The first kappa shape index (κ1) is 14.4. The van der Waals surface area contributed by atoms with E-state index >= 15 is 0 Å². The fraction of sp³-hybridized carbons (Fsp3) is 0.294. The third-order valence-electron chi connectivity index (χ3n) is 3.93. The van der Waals surface area contributed by atoms with Crippen LogP contribution in [0, 0.1) is 5.82 Å². The van der Waals surface area contributed by atoms with Gasteiger partial charge in [-0.1, -0.05) is 22.0 Å². The van der Waals surface area contributed by atoms with E-state index in [4.69, 9.17) is 4.74 Å². The first-order valence-electron chi connectivity index (χ1n) is 7.03. The van der Waals surface area contributed by atoms with Gasteiger partial charge in [-0.05, 0) is 60.7 Å². The predicted molar refractivity (Wildman–Crippen MR) is 86.5 cm³/mol. The van der Waals surface area contributed by atoms with Gasteiger partial charge in [0.15, 0.2) is 0 Å². The van der Waals surface area contributed by atoms with E-state index in [9.17, 15) is 4.39 Å². The Morgan fingerprint density at radius 1 is 1.19 bits per heavy atom. The molecule has 2 aromatic carbocycles. The zero-order valence-electron chi connectivity index (χ0n) is 11.8. The molecule has 1 aliphatic rings. The molecule has 2 nitrogen and oxygen atoms in total. The number of methoxy groups -OCH3 is 1. The molecule has 0 amide bonds. The first-order valence-corrected chi connectivity index (χ1v) is 7.82. The lowest BCUT2D eigenvalue weighted by Crippen LogP contribution is -2.27. The van der Waals surface area contributed by atoms with E-state index in [1.54, 1.807) is 13.2 Å². The molecule has 1 atom stereocenters. The minimum Gasteiger partial charge on any atom is -0.497 e. The average molecular weight is 350 g/mol. The standard InChI is InChI=1S/C17H17BrFNO/c1-21-15-6-3-11-2-5-14(8-12(11)9-15)20-17-7-4-13(18)10-16(17)19/h3-4,6-7,9-10,14,20H,2,5,8H2,1H3. The van der Waals surface area contributed by atoms with Gasteiger partial charge >= 0.3 is 0 Å². The highest BCUT2D eigenvalue weighted by Crippen LogP contribution is 2.28. The summed E-state index contributed by atoms with van der Waals surface area (Å²) < 4.78 is 19.9. The van der Waals surface area contributed by atoms with Gasteiger partial charge in [0.1, 0.15) is 11.6 Å². The van der Waals surface area contributed by atoms with Gasteiger partial charge < -0.3 is 10.1 Å². The quantitative estimate of drug-likeness (QED) is 0.876. The summed E-state index contributed by atoms with van der Waals surface area (Å²) in [7, 11) is 1.68. The maximum absolute atomic E-state index is 13.9. The van der Waals surface area contributed by atoms with Crippen LogP contribution in [0.5, 0.6) is 5.75 Å². The zero-order chi connectivity index (χ0) is 14.8. The van der Waals surface area contributed by atoms with Crippen molar-refractivity contribution in [2.75, 3.05) is 12.4 Å². The Morgan fingerprint density at radius 3 is 2.81 bits per heavy atom. The number of halogens is 2. The van der Waals surface area contributed by atoms with Crippen molar-refractivity contribution in [2.24, 2.45) is 0 Å². The summed E-state index contributed by atoms with van der Waals surface area (Å²) in [6, 6.07) is 11.6. The van der Waals surface area contributed by atoms with E-state index in [2.05, 4.69) is 33.4 Å². The molecule has 0 aliphatic heterocycles. The topological polar surface area (TPSA) is 21.3 Å². The molecule has 0 spiro atoms. The molecule has 4 heteroatoms. The van der Waals surface area contributed by atoms with Gasteiger partial charge in [-0.3, -0.25) is 0 Å². The van der Waals surface area contributed by atoms with Crippen LogP contribution in [0.2, 0.25) is 0 Å². The van der Waals surface area contributed by atoms with Gasteiger partial charge in [-0.2, -0.15) is 0 Å². The number of anilines is 1. The van der Waals surface area contributed by atoms with E-state index in [1.807, 2.05) is 12.1 Å². The molecule has 0 fully saturated rings. The fourth-order valence-corrected chi connectivity index (χ4v) is 3.14. The summed E-state index contributed by atoms with van der Waals surface area (Å²) in [5.41, 5.74) is 3.22. The van der Waals surface area contributed by atoms with Crippen molar-refractivity contribution >= 4 is 21.6 Å². The number of hydrogen-bond donors (Lipinski definition) is 1. The lowest BCUT2D eigenvalue weighted by atomic mass is 9.88. The fourth-order valence-electron chi connectivity index (χ4n) is 2.81. The molecule has 1 N–H and O–H groups in total. The molecule has 0 aromatic heterocycles. The van der Waals surface area contributed by atoms with Gasteiger partial charge in [0.2, 0.25) is 0 Å². The molecule has 0 saturated heterocycles. The highest BCUT2D eigenvalue weighted by atomic mass is 79.9. The molecule has 0 radical (unpaired) electrons. The molecule has 3 rings (SSSR count). The highest BCUT2D eigenvalue weighted by molar-refractivity contribution is 9.10. The van der Waals surface area contributed by atoms with Crippen molar-refractivity contribution in [1.29, 1.82) is 0 Å². The van der Waals surface area contributed by atoms with Crippen molar-refractivity contribution in [1.82, 2.24) is 0 Å². The Kier molecular flexibility index (Phi) is 4.15. The van der Waals surface area contributed by atoms with Crippen LogP contribution in [0.3, 0.4) is 0 Å². The molecule has 2 aromatic rings. The van der Waals surface area contributed by atoms with Crippen LogP contribution in [0.25, 0.3) is 0 Å². The minimum atomic E-state index is -0.221. The SMILES string of the molecule is COc1ccc2c(c1)CC(Nc1ccc(Br)cc1F)CC2. The molecular formula is C17H17BrFNO. The second kappa shape index (κ2) is 6.06. The monoisotopic (exact) mass is 349 g/mol. The second-order valence-corrected chi connectivity index (χ2v) is 6.26. The number of hydrogen-bond acceptors (Lipinski definition) is 2. The minimum absolute atomic E-state index is 0.221. The molecular weight excluding hydrogens is 333 g/mol. The van der Waals surface area contributed by atoms with Crippen LogP contribution in [0.15, 0.2) is 40.9 Å². The number of benzene rings is 2. The second-order valence-electron chi connectivity index (χ2n) is 5.34. The van der Waals surface area contributed by atoms with E-state index in [1.165, 1.54) is 17.2 Å². The van der Waals surface area contributed by atoms with E-state index in [-0.39, 0.29) is 11.9 Å². The Hall–Kier alpha value is -1.55. The van der Waals surface area contributed by atoms with Gasteiger partial charge in [0.25, 0.3) is 0 Å². The number of nitrogens with one attached hydrogen (secondary N) is 1. The van der Waals surface area contributed by atoms with Crippen LogP contribution >= 0.6 is 15.9 Å². The smallest absolute Gasteiger partial charge is 0.147 e. The van der Waals surface area contributed by atoms with Crippen molar-refractivity contribution < 1.29 is 9.13 Å². The van der Waals surface area contributed by atoms with Crippen molar-refractivity contribution in [3.63, 3.8) is 0 Å². The summed E-state index contributed by atoms with van der Waals surface area (Å²) in [5, 5.41) is 3.32. The van der Waals surface area contributed by atoms with E-state index < -0.39 is 0 Å². The molecule has 110 valence electrons. The maximum atomic E-state index is 13.9.